The average Bonchev–Trinajstić information content (AvgIpc) is 2.21. The van der Waals surface area contributed by atoms with Crippen LogP contribution in [-0.2, 0) is 4.79 Å². The van der Waals surface area contributed by atoms with Crippen LogP contribution >= 0.6 is 0 Å². The molecular formula is C11H10FNO. The van der Waals surface area contributed by atoms with Gasteiger partial charge in [0, 0.05) is 6.42 Å². The SMILES string of the molecule is CCC(=O)C(C#N)c1ccc(F)cc1. The Balaban J connectivity index is 2.97. The lowest BCUT2D eigenvalue weighted by Crippen LogP contribution is -2.09. The Labute approximate surface area is 82.0 Å². The van der Waals surface area contributed by atoms with Gasteiger partial charge >= 0.3 is 0 Å². The number of rotatable bonds is 3. The Bertz CT molecular complexity index is 364. The van der Waals surface area contributed by atoms with Gasteiger partial charge in [-0.25, -0.2) is 4.39 Å². The number of halogens is 1. The molecule has 72 valence electrons. The molecule has 0 amide bonds. The molecule has 1 unspecified atom stereocenters. The van der Waals surface area contributed by atoms with E-state index >= 15 is 0 Å². The predicted molar refractivity (Wildman–Crippen MR) is 50.1 cm³/mol. The number of hydrogen-bond donors (Lipinski definition) is 0. The van der Waals surface area contributed by atoms with Crippen molar-refractivity contribution in [3.8, 4) is 6.07 Å². The standard InChI is InChI=1S/C11H10FNO/c1-2-11(14)10(7-13)8-3-5-9(12)6-4-8/h3-6,10H,2H2,1H3. The second-order valence-corrected chi connectivity index (χ2v) is 2.93. The highest BCUT2D eigenvalue weighted by atomic mass is 19.1. The van der Waals surface area contributed by atoms with Crippen molar-refractivity contribution in [3.05, 3.63) is 35.6 Å². The van der Waals surface area contributed by atoms with E-state index in [1.54, 1.807) is 6.92 Å². The molecular weight excluding hydrogens is 181 g/mol. The second kappa shape index (κ2) is 4.52. The smallest absolute Gasteiger partial charge is 0.154 e. The minimum absolute atomic E-state index is 0.140. The van der Waals surface area contributed by atoms with Crippen molar-refractivity contribution >= 4 is 5.78 Å². The highest BCUT2D eigenvalue weighted by molar-refractivity contribution is 5.88. The predicted octanol–water partition coefficient (Wildman–Crippen LogP) is 2.41. The number of carbonyl (C=O) groups excluding carboxylic acids is 1. The van der Waals surface area contributed by atoms with Gasteiger partial charge in [-0.2, -0.15) is 5.26 Å². The lowest BCUT2D eigenvalue weighted by Gasteiger charge is -2.05. The summed E-state index contributed by atoms with van der Waals surface area (Å²) in [5.74, 6) is -1.27. The lowest BCUT2D eigenvalue weighted by atomic mass is 9.95. The third-order valence-corrected chi connectivity index (χ3v) is 2.00. The van der Waals surface area contributed by atoms with Gasteiger partial charge in [-0.1, -0.05) is 19.1 Å². The molecule has 0 bridgehead atoms. The van der Waals surface area contributed by atoms with Gasteiger partial charge in [-0.05, 0) is 17.7 Å². The first-order valence-corrected chi connectivity index (χ1v) is 4.36. The molecule has 1 rings (SSSR count). The molecule has 0 saturated carbocycles. The summed E-state index contributed by atoms with van der Waals surface area (Å²) in [4.78, 5) is 11.3. The molecule has 0 fully saturated rings. The van der Waals surface area contributed by atoms with Gasteiger partial charge in [-0.15, -0.1) is 0 Å². The van der Waals surface area contributed by atoms with Gasteiger partial charge in [0.2, 0.25) is 0 Å². The molecule has 1 atom stereocenters. The van der Waals surface area contributed by atoms with Gasteiger partial charge in [0.25, 0.3) is 0 Å². The van der Waals surface area contributed by atoms with E-state index < -0.39 is 5.92 Å². The monoisotopic (exact) mass is 191 g/mol. The molecule has 0 N–H and O–H groups in total. The zero-order valence-corrected chi connectivity index (χ0v) is 7.83. The van der Waals surface area contributed by atoms with Crippen LogP contribution < -0.4 is 0 Å². The first kappa shape index (κ1) is 10.4. The van der Waals surface area contributed by atoms with E-state index in [1.807, 2.05) is 6.07 Å². The van der Waals surface area contributed by atoms with Crippen molar-refractivity contribution < 1.29 is 9.18 Å². The van der Waals surface area contributed by atoms with Crippen molar-refractivity contribution in [2.24, 2.45) is 0 Å². The highest BCUT2D eigenvalue weighted by Crippen LogP contribution is 2.17. The zero-order chi connectivity index (χ0) is 10.6. The maximum Gasteiger partial charge on any atom is 0.154 e. The molecule has 0 saturated heterocycles. The van der Waals surface area contributed by atoms with Gasteiger partial charge < -0.3 is 0 Å². The quantitative estimate of drug-likeness (QED) is 0.736. The van der Waals surface area contributed by atoms with E-state index in [9.17, 15) is 9.18 Å². The summed E-state index contributed by atoms with van der Waals surface area (Å²) in [6, 6.07) is 7.36. The van der Waals surface area contributed by atoms with Crippen LogP contribution in [0.1, 0.15) is 24.8 Å². The molecule has 0 radical (unpaired) electrons. The van der Waals surface area contributed by atoms with E-state index in [2.05, 4.69) is 0 Å². The van der Waals surface area contributed by atoms with E-state index in [0.717, 1.165) is 0 Å². The van der Waals surface area contributed by atoms with Gasteiger partial charge in [0.1, 0.15) is 11.7 Å². The fourth-order valence-electron chi connectivity index (χ4n) is 1.19. The van der Waals surface area contributed by atoms with Gasteiger partial charge in [-0.3, -0.25) is 4.79 Å². The van der Waals surface area contributed by atoms with Crippen LogP contribution in [0.2, 0.25) is 0 Å². The normalized spacial score (nSPS) is 11.8. The molecule has 0 spiro atoms. The molecule has 0 aromatic heterocycles. The maximum atomic E-state index is 12.6. The molecule has 0 aliphatic rings. The molecule has 0 aliphatic heterocycles. The highest BCUT2D eigenvalue weighted by Gasteiger charge is 2.17. The van der Waals surface area contributed by atoms with Crippen LogP contribution in [0.15, 0.2) is 24.3 Å². The van der Waals surface area contributed by atoms with Crippen LogP contribution in [0, 0.1) is 17.1 Å². The van der Waals surface area contributed by atoms with Crippen LogP contribution in [0.25, 0.3) is 0 Å². The van der Waals surface area contributed by atoms with Gasteiger partial charge in [0.05, 0.1) is 6.07 Å². The summed E-state index contributed by atoms with van der Waals surface area (Å²) in [7, 11) is 0. The number of carbonyl (C=O) groups is 1. The topological polar surface area (TPSA) is 40.9 Å². The van der Waals surface area contributed by atoms with Gasteiger partial charge in [0.15, 0.2) is 5.78 Å². The summed E-state index contributed by atoms with van der Waals surface area (Å²) in [5, 5.41) is 8.79. The minimum atomic E-state index is -0.763. The Morgan fingerprint density at radius 3 is 2.50 bits per heavy atom. The molecule has 1 aromatic carbocycles. The van der Waals surface area contributed by atoms with E-state index in [1.165, 1.54) is 24.3 Å². The Morgan fingerprint density at radius 2 is 2.07 bits per heavy atom. The minimum Gasteiger partial charge on any atom is -0.298 e. The molecule has 14 heavy (non-hydrogen) atoms. The summed E-state index contributed by atoms with van der Waals surface area (Å²) in [6.07, 6.45) is 0.315. The van der Waals surface area contributed by atoms with Crippen LogP contribution in [0.5, 0.6) is 0 Å². The van der Waals surface area contributed by atoms with Crippen molar-refractivity contribution in [3.63, 3.8) is 0 Å². The Hall–Kier alpha value is -1.69. The van der Waals surface area contributed by atoms with E-state index in [4.69, 9.17) is 5.26 Å². The Morgan fingerprint density at radius 1 is 1.50 bits per heavy atom. The first-order valence-electron chi connectivity index (χ1n) is 4.36. The third-order valence-electron chi connectivity index (χ3n) is 2.00. The number of Topliss-reactive ketones (excluding diaryl/α,β-unsaturated/α-hetero) is 1. The first-order chi connectivity index (χ1) is 6.69. The van der Waals surface area contributed by atoms with Crippen LogP contribution in [0.4, 0.5) is 4.39 Å². The van der Waals surface area contributed by atoms with E-state index in [-0.39, 0.29) is 11.6 Å². The molecule has 3 heteroatoms. The molecule has 0 heterocycles. The summed E-state index contributed by atoms with van der Waals surface area (Å²) >= 11 is 0. The zero-order valence-electron chi connectivity index (χ0n) is 7.83. The number of benzene rings is 1. The Kier molecular flexibility index (Phi) is 3.35. The summed E-state index contributed by atoms with van der Waals surface area (Å²) < 4.78 is 12.6. The van der Waals surface area contributed by atoms with Crippen molar-refractivity contribution in [2.75, 3.05) is 0 Å². The fourth-order valence-corrected chi connectivity index (χ4v) is 1.19. The van der Waals surface area contributed by atoms with Crippen molar-refractivity contribution in [1.29, 1.82) is 5.26 Å². The molecule has 0 aliphatic carbocycles. The fraction of sp³-hybridized carbons (Fsp3) is 0.273. The number of nitrogens with zero attached hydrogens (tertiary/aromatic N) is 1. The van der Waals surface area contributed by atoms with E-state index in [0.29, 0.717) is 12.0 Å². The van der Waals surface area contributed by atoms with Crippen molar-refractivity contribution in [1.82, 2.24) is 0 Å². The van der Waals surface area contributed by atoms with Crippen molar-refractivity contribution in [2.45, 2.75) is 19.3 Å². The third kappa shape index (κ3) is 2.17. The van der Waals surface area contributed by atoms with Crippen LogP contribution in [0.3, 0.4) is 0 Å². The maximum absolute atomic E-state index is 12.6. The average molecular weight is 191 g/mol. The lowest BCUT2D eigenvalue weighted by molar-refractivity contribution is -0.119. The number of hydrogen-bond acceptors (Lipinski definition) is 2. The summed E-state index contributed by atoms with van der Waals surface area (Å²) in [6.45, 7) is 1.70. The largest absolute Gasteiger partial charge is 0.298 e. The second-order valence-electron chi connectivity index (χ2n) is 2.93. The number of nitriles is 1. The number of ketones is 1. The van der Waals surface area contributed by atoms with Crippen LogP contribution in [-0.4, -0.2) is 5.78 Å². The molecule has 2 nitrogen and oxygen atoms in total. The summed E-state index contributed by atoms with van der Waals surface area (Å²) in [5.41, 5.74) is 0.556. The molecule has 1 aromatic rings.